The van der Waals surface area contributed by atoms with Gasteiger partial charge in [0.2, 0.25) is 5.91 Å². The molecule has 2 amide bonds. The number of aliphatic hydroxyl groups is 1. The molecule has 4 fully saturated rings. The van der Waals surface area contributed by atoms with Crippen LogP contribution in [0.3, 0.4) is 0 Å². The molecule has 12 heteroatoms. The Hall–Kier alpha value is -4.52. The van der Waals surface area contributed by atoms with Gasteiger partial charge in [-0.1, -0.05) is 37.3 Å². The van der Waals surface area contributed by atoms with Crippen LogP contribution in [-0.2, 0) is 30.3 Å². The van der Waals surface area contributed by atoms with Gasteiger partial charge in [0.25, 0.3) is 5.91 Å². The Kier molecular flexibility index (Phi) is 8.60. The molecule has 4 saturated heterocycles. The first-order chi connectivity index (χ1) is 23.9. The molecule has 6 aliphatic rings. The number of fused-ring (bicyclic) bond motifs is 7. The number of carbonyl (C=O) groups is 4. The smallest absolute Gasteiger partial charge is 0.331 e. The summed E-state index contributed by atoms with van der Waals surface area (Å²) in [6.07, 6.45) is 2.48. The summed E-state index contributed by atoms with van der Waals surface area (Å²) in [4.78, 5) is 50.5. The molecule has 0 radical (unpaired) electrons. The van der Waals surface area contributed by atoms with Crippen molar-refractivity contribution in [2.45, 2.75) is 38.8 Å². The molecule has 0 aromatic heterocycles. The summed E-state index contributed by atoms with van der Waals surface area (Å²) >= 11 is 0. The number of nitrogens with two attached hydrogens (primary N) is 1. The SMILES string of the molecule is COC(=O)C=C1c2cc(CCC[N+]34CC[N+](CC(N)=O)(CC3)CC4)ccc2-c2c(OCC3=C(C(=O)[O-])N4C(=O)C(C(C)O)C4[C@H]3C)cccc21. The number of β-lactam (4-membered cyclic amide) rings is 1. The zero-order valence-electron chi connectivity index (χ0n) is 28.9. The highest BCUT2D eigenvalue weighted by Gasteiger charge is 2.58. The fourth-order valence-corrected chi connectivity index (χ4v) is 9.26. The van der Waals surface area contributed by atoms with E-state index in [0.29, 0.717) is 17.9 Å². The van der Waals surface area contributed by atoms with Crippen molar-refractivity contribution >= 4 is 29.3 Å². The Balaban J connectivity index is 1.11. The van der Waals surface area contributed by atoms with Crippen LogP contribution in [0.15, 0.2) is 53.7 Å². The fourth-order valence-electron chi connectivity index (χ4n) is 9.26. The van der Waals surface area contributed by atoms with E-state index in [4.69, 9.17) is 15.2 Å². The Labute approximate surface area is 291 Å². The molecule has 2 aromatic rings. The van der Waals surface area contributed by atoms with Crippen LogP contribution >= 0.6 is 0 Å². The Bertz CT molecular complexity index is 1820. The summed E-state index contributed by atoms with van der Waals surface area (Å²) in [5, 5.41) is 22.4. The second kappa shape index (κ2) is 12.7. The van der Waals surface area contributed by atoms with Gasteiger partial charge in [0.1, 0.15) is 51.6 Å². The number of aliphatic carboxylic acids is 1. The lowest BCUT2D eigenvalue weighted by atomic mass is 9.78. The number of nitrogens with zero attached hydrogens (tertiary/aromatic N) is 3. The second-order valence-corrected chi connectivity index (χ2v) is 14.8. The second-order valence-electron chi connectivity index (χ2n) is 14.8. The molecule has 5 aliphatic heterocycles. The summed E-state index contributed by atoms with van der Waals surface area (Å²) < 4.78 is 13.3. The van der Waals surface area contributed by atoms with Gasteiger partial charge in [0, 0.05) is 24.0 Å². The van der Waals surface area contributed by atoms with Gasteiger partial charge in [-0.25, -0.2) is 4.79 Å². The summed E-state index contributed by atoms with van der Waals surface area (Å²) in [6, 6.07) is 11.4. The number of carbonyl (C=O) groups excluding carboxylic acids is 4. The average molecular weight is 686 g/mol. The number of ether oxygens (including phenoxy) is 2. The van der Waals surface area contributed by atoms with E-state index in [1.165, 1.54) is 25.0 Å². The molecule has 5 heterocycles. The number of amides is 2. The highest BCUT2D eigenvalue weighted by molar-refractivity contribution is 6.08. The molecule has 1 aliphatic carbocycles. The predicted molar refractivity (Wildman–Crippen MR) is 180 cm³/mol. The maximum absolute atomic E-state index is 12.8. The van der Waals surface area contributed by atoms with Crippen LogP contribution in [0.2, 0.25) is 0 Å². The number of quaternary nitrogens is 2. The number of hydrogen-bond donors (Lipinski definition) is 2. The summed E-state index contributed by atoms with van der Waals surface area (Å²) in [6.45, 7) is 11.0. The van der Waals surface area contributed by atoms with Crippen LogP contribution in [0.1, 0.15) is 37.0 Å². The van der Waals surface area contributed by atoms with E-state index in [1.807, 2.05) is 25.1 Å². The molecule has 0 saturated carbocycles. The van der Waals surface area contributed by atoms with E-state index in [-0.39, 0.29) is 24.1 Å². The van der Waals surface area contributed by atoms with Crippen molar-refractivity contribution in [3.05, 3.63) is 70.4 Å². The molecule has 12 nitrogen and oxygen atoms in total. The molecule has 3 N–H and O–H groups in total. The molecule has 264 valence electrons. The van der Waals surface area contributed by atoms with Gasteiger partial charge in [-0.3, -0.25) is 9.59 Å². The summed E-state index contributed by atoms with van der Waals surface area (Å²) in [5.74, 6) is -3.07. The number of rotatable bonds is 12. The molecular formula is C38H45N4O8+. The number of benzene rings is 2. The first-order valence-corrected chi connectivity index (χ1v) is 17.5. The number of carboxylic acids is 1. The predicted octanol–water partition coefficient (Wildman–Crippen LogP) is 0.591. The lowest BCUT2D eigenvalue weighted by Crippen LogP contribution is -2.76. The number of carboxylic acid groups (broad SMARTS) is 1. The van der Waals surface area contributed by atoms with Crippen molar-refractivity contribution in [1.29, 1.82) is 0 Å². The molecule has 2 bridgehead atoms. The number of primary amides is 1. The first kappa shape index (κ1) is 34.0. The normalized spacial score (nSPS) is 29.0. The maximum atomic E-state index is 12.8. The number of esters is 1. The molecule has 0 spiro atoms. The Morgan fingerprint density at radius 2 is 1.76 bits per heavy atom. The Morgan fingerprint density at radius 3 is 2.40 bits per heavy atom. The molecule has 3 unspecified atom stereocenters. The van der Waals surface area contributed by atoms with Gasteiger partial charge in [-0.2, -0.15) is 0 Å². The van der Waals surface area contributed by atoms with Crippen molar-refractivity contribution in [1.82, 2.24) is 4.90 Å². The minimum absolute atomic E-state index is 0.0836. The highest BCUT2D eigenvalue weighted by Crippen LogP contribution is 2.50. The lowest BCUT2D eigenvalue weighted by molar-refractivity contribution is -1.08. The van der Waals surface area contributed by atoms with E-state index in [9.17, 15) is 29.4 Å². The van der Waals surface area contributed by atoms with Crippen molar-refractivity contribution in [2.24, 2.45) is 17.6 Å². The van der Waals surface area contributed by atoms with E-state index in [1.54, 1.807) is 0 Å². The summed E-state index contributed by atoms with van der Waals surface area (Å²) in [7, 11) is 1.35. The third kappa shape index (κ3) is 5.59. The number of piperazine rings is 3. The van der Waals surface area contributed by atoms with Crippen LogP contribution in [-0.4, -0.2) is 121 Å². The van der Waals surface area contributed by atoms with Crippen molar-refractivity contribution in [3.8, 4) is 16.9 Å². The fraction of sp³-hybridized carbons (Fsp3) is 0.474. The third-order valence-corrected chi connectivity index (χ3v) is 12.1. The third-order valence-electron chi connectivity index (χ3n) is 12.1. The van der Waals surface area contributed by atoms with Gasteiger partial charge in [0.15, 0.2) is 6.54 Å². The largest absolute Gasteiger partial charge is 0.543 e. The topological polar surface area (TPSA) is 159 Å². The zero-order chi connectivity index (χ0) is 35.5. The quantitative estimate of drug-likeness (QED) is 0.121. The zero-order valence-corrected chi connectivity index (χ0v) is 28.9. The van der Waals surface area contributed by atoms with Crippen LogP contribution in [0.25, 0.3) is 16.7 Å². The Morgan fingerprint density at radius 1 is 1.06 bits per heavy atom. The van der Waals surface area contributed by atoms with Crippen molar-refractivity contribution in [3.63, 3.8) is 0 Å². The highest BCUT2D eigenvalue weighted by atomic mass is 16.5. The van der Waals surface area contributed by atoms with E-state index < -0.39 is 35.9 Å². The molecule has 4 atom stereocenters. The summed E-state index contributed by atoms with van der Waals surface area (Å²) in [5.41, 5.74) is 11.1. The van der Waals surface area contributed by atoms with E-state index >= 15 is 0 Å². The number of aliphatic hydroxyl groups excluding tert-OH is 1. The van der Waals surface area contributed by atoms with Crippen LogP contribution in [0.4, 0.5) is 0 Å². The van der Waals surface area contributed by atoms with E-state index in [2.05, 4.69) is 18.2 Å². The minimum atomic E-state index is -1.45. The van der Waals surface area contributed by atoms with Crippen LogP contribution < -0.4 is 15.6 Å². The minimum Gasteiger partial charge on any atom is -0.543 e. The molecule has 2 aromatic carbocycles. The van der Waals surface area contributed by atoms with E-state index in [0.717, 1.165) is 101 Å². The van der Waals surface area contributed by atoms with Crippen LogP contribution in [0.5, 0.6) is 5.75 Å². The monoisotopic (exact) mass is 685 g/mol. The van der Waals surface area contributed by atoms with Crippen LogP contribution in [0, 0.1) is 11.8 Å². The maximum Gasteiger partial charge on any atom is 0.331 e. The molecule has 50 heavy (non-hydrogen) atoms. The average Bonchev–Trinajstić information content (AvgIpc) is 3.52. The standard InChI is InChI=1S/C38H44N4O8/c1-22-29(36(38(47)48)40-35(22)33(23(2)43)37(40)46)21-50-30-8-4-7-25-28(19-32(45)49-3)27-18-24(9-10-26(27)34(25)30)6-5-11-41-12-15-42(16-13-41,17-14-41)20-31(39)44/h4,7-10,18-19,22-23,33,35,43H,5-6,11-17,20-21H2,1-3H3,(H-2,39,44,47,48)/p+1/t22-,23?,33?,35?,41?,42?/m0/s1. The molecular weight excluding hydrogens is 640 g/mol. The number of aryl methyl sites for hydroxylation is 1. The molecule has 8 rings (SSSR count). The van der Waals surface area contributed by atoms with Crippen molar-refractivity contribution in [2.75, 3.05) is 66.1 Å². The van der Waals surface area contributed by atoms with Gasteiger partial charge >= 0.3 is 5.97 Å². The number of methoxy groups -OCH3 is 1. The van der Waals surface area contributed by atoms with Gasteiger partial charge in [0.05, 0.1) is 43.4 Å². The van der Waals surface area contributed by atoms with Gasteiger partial charge in [-0.15, -0.1) is 0 Å². The van der Waals surface area contributed by atoms with Crippen molar-refractivity contribution < 1.29 is 47.8 Å². The van der Waals surface area contributed by atoms with Gasteiger partial charge < -0.3 is 44.1 Å². The first-order valence-electron chi connectivity index (χ1n) is 17.5. The van der Waals surface area contributed by atoms with Gasteiger partial charge in [-0.05, 0) is 52.8 Å². The lowest BCUT2D eigenvalue weighted by Gasteiger charge is -2.55. The number of hydrogen-bond acceptors (Lipinski definition) is 8.